The van der Waals surface area contributed by atoms with E-state index in [2.05, 4.69) is 5.32 Å². The Morgan fingerprint density at radius 1 is 1.30 bits per heavy atom. The van der Waals surface area contributed by atoms with E-state index in [0.29, 0.717) is 12.3 Å². The lowest BCUT2D eigenvalue weighted by Gasteiger charge is -2.29. The van der Waals surface area contributed by atoms with Crippen LogP contribution >= 0.6 is 0 Å². The lowest BCUT2D eigenvalue weighted by atomic mass is 9.97. The number of nitrogens with one attached hydrogen (secondary N) is 1. The molecule has 0 spiro atoms. The number of amides is 1. The first-order valence-electron chi connectivity index (χ1n) is 7.45. The van der Waals surface area contributed by atoms with Crippen molar-refractivity contribution in [3.05, 3.63) is 29.8 Å². The van der Waals surface area contributed by atoms with Crippen LogP contribution in [0.1, 0.15) is 25.3 Å². The second-order valence-corrected chi connectivity index (χ2v) is 5.47. The van der Waals surface area contributed by atoms with Crippen LogP contribution < -0.4 is 5.32 Å². The number of aromatic hydroxyl groups is 1. The van der Waals surface area contributed by atoms with Crippen molar-refractivity contribution in [3.8, 4) is 5.75 Å². The highest BCUT2D eigenvalue weighted by atomic mass is 16.3. The zero-order valence-corrected chi connectivity index (χ0v) is 12.1. The third-order valence-electron chi connectivity index (χ3n) is 3.96. The Kier molecular flexibility index (Phi) is 5.41. The normalized spacial score (nSPS) is 16.1. The van der Waals surface area contributed by atoms with E-state index in [1.165, 1.54) is 0 Å². The summed E-state index contributed by atoms with van der Waals surface area (Å²) < 4.78 is 0. The van der Waals surface area contributed by atoms with Crippen LogP contribution in [0.4, 0.5) is 0 Å². The third-order valence-corrected chi connectivity index (χ3v) is 3.96. The van der Waals surface area contributed by atoms with Crippen molar-refractivity contribution in [2.24, 2.45) is 5.92 Å². The Labute approximate surface area is 120 Å². The van der Waals surface area contributed by atoms with Crippen LogP contribution in [0.25, 0.3) is 0 Å². The summed E-state index contributed by atoms with van der Waals surface area (Å²) in [6, 6.07) is 6.88. The molecular formula is C16H24N2O2. The molecule has 1 aliphatic rings. The smallest absolute Gasteiger partial charge is 0.226 e. The molecule has 0 aromatic heterocycles. The van der Waals surface area contributed by atoms with Crippen LogP contribution in [0.15, 0.2) is 24.3 Å². The lowest BCUT2D eigenvalue weighted by molar-refractivity contribution is -0.131. The van der Waals surface area contributed by atoms with Crippen molar-refractivity contribution in [2.45, 2.75) is 26.2 Å². The van der Waals surface area contributed by atoms with Crippen molar-refractivity contribution >= 4 is 5.91 Å². The van der Waals surface area contributed by atoms with E-state index in [4.69, 9.17) is 0 Å². The van der Waals surface area contributed by atoms with Crippen molar-refractivity contribution in [2.75, 3.05) is 26.2 Å². The number of benzene rings is 1. The molecule has 2 N–H and O–H groups in total. The quantitative estimate of drug-likeness (QED) is 0.862. The number of hydrogen-bond acceptors (Lipinski definition) is 3. The fraction of sp³-hybridized carbons (Fsp3) is 0.562. The Morgan fingerprint density at radius 3 is 2.55 bits per heavy atom. The maximum Gasteiger partial charge on any atom is 0.226 e. The largest absolute Gasteiger partial charge is 0.508 e. The van der Waals surface area contributed by atoms with Gasteiger partial charge in [-0.25, -0.2) is 0 Å². The fourth-order valence-corrected chi connectivity index (χ4v) is 2.68. The zero-order chi connectivity index (χ0) is 14.4. The Balaban J connectivity index is 1.89. The highest BCUT2D eigenvalue weighted by Gasteiger charge is 2.19. The maximum absolute atomic E-state index is 12.4. The highest BCUT2D eigenvalue weighted by molar-refractivity contribution is 5.78. The summed E-state index contributed by atoms with van der Waals surface area (Å²) in [6.45, 7) is 5.80. The van der Waals surface area contributed by atoms with Crippen molar-refractivity contribution in [3.63, 3.8) is 0 Å². The average molecular weight is 276 g/mol. The molecule has 1 amide bonds. The summed E-state index contributed by atoms with van der Waals surface area (Å²) in [6.07, 6.45) is 2.73. The summed E-state index contributed by atoms with van der Waals surface area (Å²) in [4.78, 5) is 14.3. The molecule has 1 aromatic rings. The number of likely N-dealkylation sites (N-methyl/N-ethyl adjacent to an activating group) is 1. The molecule has 4 nitrogen and oxygen atoms in total. The first-order valence-corrected chi connectivity index (χ1v) is 7.45. The van der Waals surface area contributed by atoms with Gasteiger partial charge >= 0.3 is 0 Å². The predicted octanol–water partition coefficient (Wildman–Crippen LogP) is 1.78. The monoisotopic (exact) mass is 276 g/mol. The molecule has 4 heteroatoms. The van der Waals surface area contributed by atoms with Gasteiger partial charge in [-0.3, -0.25) is 4.79 Å². The number of nitrogens with zero attached hydrogens (tertiary/aromatic N) is 1. The van der Waals surface area contributed by atoms with Gasteiger partial charge in [-0.1, -0.05) is 12.1 Å². The summed E-state index contributed by atoms with van der Waals surface area (Å²) in [7, 11) is 0. The van der Waals surface area contributed by atoms with Gasteiger partial charge in [-0.2, -0.15) is 0 Å². The zero-order valence-electron chi connectivity index (χ0n) is 12.1. The van der Waals surface area contributed by atoms with Gasteiger partial charge < -0.3 is 15.3 Å². The first kappa shape index (κ1) is 14.9. The molecule has 0 bridgehead atoms. The van der Waals surface area contributed by atoms with Crippen molar-refractivity contribution in [1.82, 2.24) is 10.2 Å². The SMILES string of the molecule is CCN(CC1CCNCC1)C(=O)Cc1ccc(O)cc1. The van der Waals surface area contributed by atoms with Gasteiger partial charge in [0.25, 0.3) is 0 Å². The highest BCUT2D eigenvalue weighted by Crippen LogP contribution is 2.15. The molecule has 1 saturated heterocycles. The van der Waals surface area contributed by atoms with E-state index in [-0.39, 0.29) is 11.7 Å². The molecule has 0 atom stereocenters. The molecule has 1 fully saturated rings. The number of rotatable bonds is 5. The van der Waals surface area contributed by atoms with Gasteiger partial charge in [0.15, 0.2) is 0 Å². The number of piperidine rings is 1. The van der Waals surface area contributed by atoms with Gasteiger partial charge in [0.1, 0.15) is 5.75 Å². The first-order chi connectivity index (χ1) is 9.69. The van der Waals surface area contributed by atoms with E-state index in [9.17, 15) is 9.90 Å². The number of carbonyl (C=O) groups excluding carboxylic acids is 1. The molecule has 1 heterocycles. The molecule has 0 radical (unpaired) electrons. The molecule has 110 valence electrons. The van der Waals surface area contributed by atoms with Crippen LogP contribution in [0.5, 0.6) is 5.75 Å². The molecule has 0 aliphatic carbocycles. The molecule has 0 unspecified atom stereocenters. The minimum Gasteiger partial charge on any atom is -0.508 e. The van der Waals surface area contributed by atoms with Gasteiger partial charge in [-0.05, 0) is 56.5 Å². The topological polar surface area (TPSA) is 52.6 Å². The van der Waals surface area contributed by atoms with Crippen molar-refractivity contribution in [1.29, 1.82) is 0 Å². The van der Waals surface area contributed by atoms with E-state index in [1.807, 2.05) is 24.0 Å². The lowest BCUT2D eigenvalue weighted by Crippen LogP contribution is -2.39. The number of phenolic OH excluding ortho intramolecular Hbond substituents is 1. The van der Waals surface area contributed by atoms with E-state index in [1.54, 1.807) is 12.1 Å². The summed E-state index contributed by atoms with van der Waals surface area (Å²) in [5.74, 6) is 1.04. The van der Waals surface area contributed by atoms with Crippen LogP contribution in [-0.4, -0.2) is 42.1 Å². The van der Waals surface area contributed by atoms with Gasteiger partial charge in [-0.15, -0.1) is 0 Å². The van der Waals surface area contributed by atoms with E-state index >= 15 is 0 Å². The Hall–Kier alpha value is -1.55. The average Bonchev–Trinajstić information content (AvgIpc) is 2.48. The summed E-state index contributed by atoms with van der Waals surface area (Å²) >= 11 is 0. The third kappa shape index (κ3) is 4.23. The molecule has 0 saturated carbocycles. The van der Waals surface area contributed by atoms with Gasteiger partial charge in [0.05, 0.1) is 6.42 Å². The van der Waals surface area contributed by atoms with Gasteiger partial charge in [0, 0.05) is 13.1 Å². The van der Waals surface area contributed by atoms with Crippen LogP contribution in [-0.2, 0) is 11.2 Å². The minimum absolute atomic E-state index is 0.178. The van der Waals surface area contributed by atoms with Crippen LogP contribution in [0.3, 0.4) is 0 Å². The molecule has 2 rings (SSSR count). The second-order valence-electron chi connectivity index (χ2n) is 5.47. The second kappa shape index (κ2) is 7.29. The maximum atomic E-state index is 12.4. The summed E-state index contributed by atoms with van der Waals surface area (Å²) in [5.41, 5.74) is 0.955. The Morgan fingerprint density at radius 2 is 1.95 bits per heavy atom. The fourth-order valence-electron chi connectivity index (χ4n) is 2.68. The molecular weight excluding hydrogens is 252 g/mol. The van der Waals surface area contributed by atoms with E-state index in [0.717, 1.165) is 44.6 Å². The molecule has 1 aromatic carbocycles. The van der Waals surface area contributed by atoms with E-state index < -0.39 is 0 Å². The van der Waals surface area contributed by atoms with Crippen LogP contribution in [0.2, 0.25) is 0 Å². The standard InChI is InChI=1S/C16H24N2O2/c1-2-18(12-14-7-9-17-10-8-14)16(20)11-13-3-5-15(19)6-4-13/h3-6,14,17,19H,2,7-12H2,1H3. The molecule has 20 heavy (non-hydrogen) atoms. The van der Waals surface area contributed by atoms with Gasteiger partial charge in [0.2, 0.25) is 5.91 Å². The number of phenols is 1. The van der Waals surface area contributed by atoms with Crippen molar-refractivity contribution < 1.29 is 9.90 Å². The molecule has 1 aliphatic heterocycles. The number of hydrogen-bond donors (Lipinski definition) is 2. The predicted molar refractivity (Wildman–Crippen MR) is 79.7 cm³/mol. The summed E-state index contributed by atoms with van der Waals surface area (Å²) in [5, 5.41) is 12.6. The number of carbonyl (C=O) groups is 1. The minimum atomic E-state index is 0.178. The Bertz CT molecular complexity index is 425. The van der Waals surface area contributed by atoms with Crippen LogP contribution in [0, 0.1) is 5.92 Å².